The lowest BCUT2D eigenvalue weighted by atomic mass is 9.87. The van der Waals surface area contributed by atoms with Crippen molar-refractivity contribution in [2.75, 3.05) is 13.6 Å². The number of rotatable bonds is 4. The largest absolute Gasteiger partial charge is 0.480 e. The minimum absolute atomic E-state index is 0.405. The highest BCUT2D eigenvalue weighted by molar-refractivity contribution is 5.83. The summed E-state index contributed by atoms with van der Waals surface area (Å²) >= 11 is 0. The van der Waals surface area contributed by atoms with Crippen LogP contribution in [-0.4, -0.2) is 41.6 Å². The zero-order valence-electron chi connectivity index (χ0n) is 11.2. The molecule has 5 nitrogen and oxygen atoms in total. The standard InChI is InChI=1S/C12H22N2O3/c1-8(2)7-14(6)11(17)13-9(10(15)16)12(3,4)5/h9H,1,7H2,2-6H3,(H,13,17)(H,15,16)/t9-/m1/s1. The number of carboxylic acids is 1. The first-order valence-corrected chi connectivity index (χ1v) is 5.44. The summed E-state index contributed by atoms with van der Waals surface area (Å²) in [4.78, 5) is 24.2. The van der Waals surface area contributed by atoms with Gasteiger partial charge in [0.2, 0.25) is 0 Å². The molecule has 0 bridgehead atoms. The monoisotopic (exact) mass is 242 g/mol. The molecule has 0 aliphatic heterocycles. The van der Waals surface area contributed by atoms with Crippen molar-refractivity contribution in [2.45, 2.75) is 33.7 Å². The quantitative estimate of drug-likeness (QED) is 0.737. The Labute approximate surface area is 102 Å². The third kappa shape index (κ3) is 5.38. The fourth-order valence-corrected chi connectivity index (χ4v) is 1.36. The third-order valence-corrected chi connectivity index (χ3v) is 2.23. The summed E-state index contributed by atoms with van der Waals surface area (Å²) in [5.41, 5.74) is 0.302. The minimum Gasteiger partial charge on any atom is -0.480 e. The molecule has 2 N–H and O–H groups in total. The van der Waals surface area contributed by atoms with Crippen LogP contribution < -0.4 is 5.32 Å². The van der Waals surface area contributed by atoms with Crippen LogP contribution in [0.1, 0.15) is 27.7 Å². The van der Waals surface area contributed by atoms with E-state index in [0.29, 0.717) is 6.54 Å². The summed E-state index contributed by atoms with van der Waals surface area (Å²) in [6.07, 6.45) is 0. The van der Waals surface area contributed by atoms with Crippen molar-refractivity contribution >= 4 is 12.0 Å². The zero-order chi connectivity index (χ0) is 13.8. The Morgan fingerprint density at radius 1 is 1.41 bits per heavy atom. The summed E-state index contributed by atoms with van der Waals surface area (Å²) in [5, 5.41) is 11.6. The highest BCUT2D eigenvalue weighted by Gasteiger charge is 2.33. The number of amides is 2. The Balaban J connectivity index is 4.63. The van der Waals surface area contributed by atoms with Gasteiger partial charge >= 0.3 is 12.0 Å². The van der Waals surface area contributed by atoms with Crippen LogP contribution in [0.15, 0.2) is 12.2 Å². The molecule has 0 saturated carbocycles. The van der Waals surface area contributed by atoms with Crippen LogP contribution in [-0.2, 0) is 4.79 Å². The second kappa shape index (κ2) is 5.70. The first kappa shape index (κ1) is 15.5. The molecule has 0 unspecified atom stereocenters. The number of urea groups is 1. The Kier molecular flexibility index (Phi) is 5.19. The summed E-state index contributed by atoms with van der Waals surface area (Å²) in [7, 11) is 1.60. The molecule has 0 heterocycles. The van der Waals surface area contributed by atoms with Gasteiger partial charge in [-0.3, -0.25) is 0 Å². The normalized spacial score (nSPS) is 12.8. The number of aliphatic carboxylic acids is 1. The van der Waals surface area contributed by atoms with Gasteiger partial charge in [0, 0.05) is 13.6 Å². The van der Waals surface area contributed by atoms with Gasteiger partial charge in [-0.1, -0.05) is 32.9 Å². The average molecular weight is 242 g/mol. The van der Waals surface area contributed by atoms with Crippen molar-refractivity contribution < 1.29 is 14.7 Å². The molecule has 0 aromatic heterocycles. The van der Waals surface area contributed by atoms with Crippen LogP contribution in [0.25, 0.3) is 0 Å². The molecule has 0 aliphatic carbocycles. The van der Waals surface area contributed by atoms with E-state index in [0.717, 1.165) is 5.57 Å². The van der Waals surface area contributed by atoms with E-state index in [1.807, 2.05) is 6.92 Å². The maximum atomic E-state index is 11.8. The highest BCUT2D eigenvalue weighted by atomic mass is 16.4. The van der Waals surface area contributed by atoms with Crippen molar-refractivity contribution in [1.29, 1.82) is 0 Å². The molecule has 0 aromatic rings. The lowest BCUT2D eigenvalue weighted by molar-refractivity contribution is -0.142. The molecule has 5 heteroatoms. The fraction of sp³-hybridized carbons (Fsp3) is 0.667. The maximum absolute atomic E-state index is 11.8. The number of nitrogens with one attached hydrogen (secondary N) is 1. The molecule has 98 valence electrons. The van der Waals surface area contributed by atoms with Gasteiger partial charge in [-0.15, -0.1) is 0 Å². The van der Waals surface area contributed by atoms with Crippen LogP contribution in [0.4, 0.5) is 4.79 Å². The van der Waals surface area contributed by atoms with Gasteiger partial charge in [-0.2, -0.15) is 0 Å². The Bertz CT molecular complexity index is 318. The second-order valence-corrected chi connectivity index (χ2v) is 5.40. The Hall–Kier alpha value is -1.52. The van der Waals surface area contributed by atoms with Gasteiger partial charge in [-0.25, -0.2) is 9.59 Å². The highest BCUT2D eigenvalue weighted by Crippen LogP contribution is 2.19. The van der Waals surface area contributed by atoms with Crippen LogP contribution in [0.2, 0.25) is 0 Å². The van der Waals surface area contributed by atoms with E-state index in [1.165, 1.54) is 4.90 Å². The smallest absolute Gasteiger partial charge is 0.326 e. The summed E-state index contributed by atoms with van der Waals surface area (Å²) in [6, 6.07) is -1.32. The van der Waals surface area contributed by atoms with Gasteiger partial charge in [0.25, 0.3) is 0 Å². The Morgan fingerprint density at radius 3 is 2.18 bits per heavy atom. The first-order valence-electron chi connectivity index (χ1n) is 5.44. The molecule has 0 spiro atoms. The minimum atomic E-state index is -1.03. The number of carboxylic acid groups (broad SMARTS) is 1. The van der Waals surface area contributed by atoms with E-state index in [1.54, 1.807) is 27.8 Å². The van der Waals surface area contributed by atoms with Crippen LogP contribution in [0.3, 0.4) is 0 Å². The average Bonchev–Trinajstić information content (AvgIpc) is 2.09. The molecular weight excluding hydrogens is 220 g/mol. The second-order valence-electron chi connectivity index (χ2n) is 5.40. The van der Waals surface area contributed by atoms with E-state index in [4.69, 9.17) is 5.11 Å². The SMILES string of the molecule is C=C(C)CN(C)C(=O)N[C@H](C(=O)O)C(C)(C)C. The van der Waals surface area contributed by atoms with Crippen molar-refractivity contribution in [3.8, 4) is 0 Å². The van der Waals surface area contributed by atoms with Gasteiger partial charge < -0.3 is 15.3 Å². The predicted octanol–water partition coefficient (Wildman–Crippen LogP) is 1.70. The Morgan fingerprint density at radius 2 is 1.88 bits per heavy atom. The fourth-order valence-electron chi connectivity index (χ4n) is 1.36. The van der Waals surface area contributed by atoms with Gasteiger partial charge in [0.05, 0.1) is 0 Å². The van der Waals surface area contributed by atoms with Gasteiger partial charge in [-0.05, 0) is 12.3 Å². The van der Waals surface area contributed by atoms with Gasteiger partial charge in [0.1, 0.15) is 6.04 Å². The molecule has 0 aliphatic rings. The molecule has 0 aromatic carbocycles. The molecule has 2 amide bonds. The first-order chi connectivity index (χ1) is 7.55. The van der Waals surface area contributed by atoms with E-state index < -0.39 is 23.5 Å². The van der Waals surface area contributed by atoms with E-state index >= 15 is 0 Å². The molecule has 17 heavy (non-hydrogen) atoms. The van der Waals surface area contributed by atoms with Gasteiger partial charge in [0.15, 0.2) is 0 Å². The predicted molar refractivity (Wildman–Crippen MR) is 66.9 cm³/mol. The molecule has 0 saturated heterocycles. The number of nitrogens with zero attached hydrogens (tertiary/aromatic N) is 1. The molecule has 0 radical (unpaired) electrons. The lowest BCUT2D eigenvalue weighted by Crippen LogP contribution is -2.52. The van der Waals surface area contributed by atoms with Crippen molar-refractivity contribution in [3.05, 3.63) is 12.2 Å². The molecule has 1 atom stereocenters. The van der Waals surface area contributed by atoms with Crippen molar-refractivity contribution in [1.82, 2.24) is 10.2 Å². The molecular formula is C12H22N2O3. The summed E-state index contributed by atoms with van der Waals surface area (Å²) < 4.78 is 0. The number of carbonyl (C=O) groups is 2. The number of likely N-dealkylation sites (N-methyl/N-ethyl adjacent to an activating group) is 1. The zero-order valence-corrected chi connectivity index (χ0v) is 11.2. The summed E-state index contributed by atoms with van der Waals surface area (Å²) in [5.74, 6) is -1.03. The number of hydrogen-bond donors (Lipinski definition) is 2. The van der Waals surface area contributed by atoms with E-state index in [2.05, 4.69) is 11.9 Å². The van der Waals surface area contributed by atoms with E-state index in [-0.39, 0.29) is 0 Å². The van der Waals surface area contributed by atoms with Crippen molar-refractivity contribution in [3.63, 3.8) is 0 Å². The van der Waals surface area contributed by atoms with Crippen LogP contribution >= 0.6 is 0 Å². The van der Waals surface area contributed by atoms with Crippen LogP contribution in [0.5, 0.6) is 0 Å². The third-order valence-electron chi connectivity index (χ3n) is 2.23. The van der Waals surface area contributed by atoms with Crippen molar-refractivity contribution in [2.24, 2.45) is 5.41 Å². The lowest BCUT2D eigenvalue weighted by Gasteiger charge is -2.29. The maximum Gasteiger partial charge on any atom is 0.326 e. The molecule has 0 fully saturated rings. The topological polar surface area (TPSA) is 69.6 Å². The van der Waals surface area contributed by atoms with Crippen LogP contribution in [0, 0.1) is 5.41 Å². The van der Waals surface area contributed by atoms with E-state index in [9.17, 15) is 9.59 Å². The number of carbonyl (C=O) groups excluding carboxylic acids is 1. The summed E-state index contributed by atoms with van der Waals surface area (Å²) in [6.45, 7) is 11.2. The number of hydrogen-bond acceptors (Lipinski definition) is 2. The molecule has 0 rings (SSSR count).